The summed E-state index contributed by atoms with van der Waals surface area (Å²) in [6.07, 6.45) is 0. The van der Waals surface area contributed by atoms with Gasteiger partial charge in [0.25, 0.3) is 0 Å². The lowest BCUT2D eigenvalue weighted by molar-refractivity contribution is -0.151. The summed E-state index contributed by atoms with van der Waals surface area (Å²) >= 11 is 0. The third kappa shape index (κ3) is 2.22. The maximum absolute atomic E-state index is 14.0. The number of halogens is 1. The molecule has 2 N–H and O–H groups in total. The zero-order chi connectivity index (χ0) is 13.3. The van der Waals surface area contributed by atoms with Gasteiger partial charge in [0.05, 0.1) is 20.3 Å². The van der Waals surface area contributed by atoms with Gasteiger partial charge in [-0.3, -0.25) is 0 Å². The second-order valence-corrected chi connectivity index (χ2v) is 4.09. The summed E-state index contributed by atoms with van der Waals surface area (Å²) in [6.45, 7) is 2.30. The van der Waals surface area contributed by atoms with Crippen LogP contribution in [-0.4, -0.2) is 37.5 Å². The summed E-state index contributed by atoms with van der Waals surface area (Å²) in [5, 5.41) is 18.5. The Morgan fingerprint density at radius 1 is 1.33 bits per heavy atom. The van der Waals surface area contributed by atoms with Crippen LogP contribution in [0.1, 0.15) is 12.5 Å². The molecule has 0 atom stereocenters. The molecule has 0 aromatic heterocycles. The van der Waals surface area contributed by atoms with Crippen LogP contribution in [0.5, 0.6) is 5.75 Å². The van der Waals surface area contributed by atoms with Crippen molar-refractivity contribution in [2.24, 2.45) is 0 Å². The second-order valence-electron chi connectivity index (χ2n) is 4.09. The molecule has 0 saturated carbocycles. The minimum absolute atomic E-state index is 0.0628. The molecule has 1 aromatic rings. The van der Waals surface area contributed by atoms with Crippen LogP contribution in [0.4, 0.5) is 4.39 Å². The fourth-order valence-corrected chi connectivity index (χ4v) is 1.97. The van der Waals surface area contributed by atoms with Gasteiger partial charge in [0, 0.05) is 17.1 Å². The maximum Gasteiger partial charge on any atom is 0.492 e. The Morgan fingerprint density at radius 3 is 2.44 bits per heavy atom. The number of methoxy groups -OCH3 is 1. The molecule has 1 heterocycles. The molecule has 1 fully saturated rings. The quantitative estimate of drug-likeness (QED) is 0.729. The van der Waals surface area contributed by atoms with Crippen LogP contribution < -0.4 is 10.2 Å². The molecule has 1 aromatic carbocycles. The minimum Gasteiger partial charge on any atom is -0.497 e. The summed E-state index contributed by atoms with van der Waals surface area (Å²) in [5.74, 6) is -1.73. The van der Waals surface area contributed by atoms with Gasteiger partial charge in [0.1, 0.15) is 11.6 Å². The normalized spacial score (nSPS) is 17.8. The second kappa shape index (κ2) is 4.85. The first-order valence-corrected chi connectivity index (χ1v) is 5.50. The standard InChI is InChI=1S/C11H14BFO5/c1-11(17-3-4-18-11)7-5-8(12(14)15)10(16-2)6-9(7)13/h5-6,14-15H,3-4H2,1-2H3. The highest BCUT2D eigenvalue weighted by Crippen LogP contribution is 2.33. The van der Waals surface area contributed by atoms with E-state index in [0.29, 0.717) is 13.2 Å². The molecule has 0 radical (unpaired) electrons. The Hall–Kier alpha value is -1.15. The first-order valence-electron chi connectivity index (χ1n) is 5.50. The summed E-state index contributed by atoms with van der Waals surface area (Å²) in [4.78, 5) is 0. The molecular weight excluding hydrogens is 242 g/mol. The highest BCUT2D eigenvalue weighted by atomic mass is 19.1. The van der Waals surface area contributed by atoms with Crippen molar-refractivity contribution in [2.45, 2.75) is 12.7 Å². The van der Waals surface area contributed by atoms with Gasteiger partial charge in [-0.05, 0) is 13.0 Å². The largest absolute Gasteiger partial charge is 0.497 e. The van der Waals surface area contributed by atoms with Crippen molar-refractivity contribution in [2.75, 3.05) is 20.3 Å². The monoisotopic (exact) mass is 256 g/mol. The number of rotatable bonds is 3. The topological polar surface area (TPSA) is 68.2 Å². The molecule has 0 aliphatic carbocycles. The van der Waals surface area contributed by atoms with Gasteiger partial charge in [-0.2, -0.15) is 0 Å². The third-order valence-corrected chi connectivity index (χ3v) is 2.93. The summed E-state index contributed by atoms with van der Waals surface area (Å²) in [5.41, 5.74) is 0.179. The Balaban J connectivity index is 2.51. The van der Waals surface area contributed by atoms with Crippen LogP contribution in [0.2, 0.25) is 0 Å². The molecule has 7 heteroatoms. The zero-order valence-corrected chi connectivity index (χ0v) is 10.1. The van der Waals surface area contributed by atoms with Crippen molar-refractivity contribution < 1.29 is 28.6 Å². The molecule has 18 heavy (non-hydrogen) atoms. The Kier molecular flexibility index (Phi) is 3.58. The maximum atomic E-state index is 14.0. The lowest BCUT2D eigenvalue weighted by Gasteiger charge is -2.24. The van der Waals surface area contributed by atoms with Crippen molar-refractivity contribution in [1.29, 1.82) is 0 Å². The van der Waals surface area contributed by atoms with Crippen LogP contribution >= 0.6 is 0 Å². The average molecular weight is 256 g/mol. The predicted molar refractivity (Wildman–Crippen MR) is 62.0 cm³/mol. The van der Waals surface area contributed by atoms with Crippen LogP contribution in [0.15, 0.2) is 12.1 Å². The van der Waals surface area contributed by atoms with E-state index in [0.717, 1.165) is 6.07 Å². The van der Waals surface area contributed by atoms with Gasteiger partial charge >= 0.3 is 7.12 Å². The molecule has 1 aliphatic rings. The molecule has 2 rings (SSSR count). The fourth-order valence-electron chi connectivity index (χ4n) is 1.97. The first kappa shape index (κ1) is 13.3. The van der Waals surface area contributed by atoms with E-state index in [2.05, 4.69) is 0 Å². The summed E-state index contributed by atoms with van der Waals surface area (Å²) in [6, 6.07) is 2.37. The van der Waals surface area contributed by atoms with Crippen molar-refractivity contribution in [3.8, 4) is 5.75 Å². The van der Waals surface area contributed by atoms with E-state index in [4.69, 9.17) is 14.2 Å². The van der Waals surface area contributed by atoms with Crippen molar-refractivity contribution in [1.82, 2.24) is 0 Å². The fraction of sp³-hybridized carbons (Fsp3) is 0.455. The van der Waals surface area contributed by atoms with E-state index in [-0.39, 0.29) is 16.8 Å². The number of benzene rings is 1. The highest BCUT2D eigenvalue weighted by Gasteiger charge is 2.37. The molecule has 0 unspecified atom stereocenters. The Labute approximate surface area is 104 Å². The van der Waals surface area contributed by atoms with Crippen LogP contribution in [-0.2, 0) is 15.3 Å². The zero-order valence-electron chi connectivity index (χ0n) is 10.1. The molecule has 0 spiro atoms. The van der Waals surface area contributed by atoms with Gasteiger partial charge in [0.15, 0.2) is 5.79 Å². The molecule has 1 saturated heterocycles. The molecule has 0 bridgehead atoms. The van der Waals surface area contributed by atoms with E-state index < -0.39 is 18.7 Å². The Bertz CT molecular complexity index is 445. The molecular formula is C11H14BFO5. The van der Waals surface area contributed by atoms with Gasteiger partial charge < -0.3 is 24.3 Å². The summed E-state index contributed by atoms with van der Waals surface area (Å²) in [7, 11) is -0.436. The van der Waals surface area contributed by atoms with Crippen molar-refractivity contribution in [3.05, 3.63) is 23.5 Å². The van der Waals surface area contributed by atoms with Gasteiger partial charge in [-0.15, -0.1) is 0 Å². The SMILES string of the molecule is COc1cc(F)c(C2(C)OCCO2)cc1B(O)O. The third-order valence-electron chi connectivity index (χ3n) is 2.93. The van der Waals surface area contributed by atoms with E-state index in [9.17, 15) is 14.4 Å². The summed E-state index contributed by atoms with van der Waals surface area (Å²) < 4.78 is 29.6. The highest BCUT2D eigenvalue weighted by molar-refractivity contribution is 6.59. The smallest absolute Gasteiger partial charge is 0.492 e. The first-order chi connectivity index (χ1) is 8.48. The van der Waals surface area contributed by atoms with Crippen LogP contribution in [0.3, 0.4) is 0 Å². The average Bonchev–Trinajstić information content (AvgIpc) is 2.76. The lowest BCUT2D eigenvalue weighted by atomic mass is 9.78. The van der Waals surface area contributed by atoms with E-state index >= 15 is 0 Å². The van der Waals surface area contributed by atoms with Crippen molar-refractivity contribution >= 4 is 12.6 Å². The molecule has 0 amide bonds. The van der Waals surface area contributed by atoms with Crippen LogP contribution in [0.25, 0.3) is 0 Å². The van der Waals surface area contributed by atoms with Crippen molar-refractivity contribution in [3.63, 3.8) is 0 Å². The van der Waals surface area contributed by atoms with E-state index in [1.807, 2.05) is 0 Å². The Morgan fingerprint density at radius 2 is 1.94 bits per heavy atom. The molecule has 5 nitrogen and oxygen atoms in total. The van der Waals surface area contributed by atoms with E-state index in [1.165, 1.54) is 13.2 Å². The molecule has 98 valence electrons. The predicted octanol–water partition coefficient (Wildman–Crippen LogP) is -0.266. The van der Waals surface area contributed by atoms with Gasteiger partial charge in [0.2, 0.25) is 0 Å². The lowest BCUT2D eigenvalue weighted by Crippen LogP contribution is -2.34. The molecule has 1 aliphatic heterocycles. The number of hydrogen-bond acceptors (Lipinski definition) is 5. The van der Waals surface area contributed by atoms with Crippen LogP contribution in [0, 0.1) is 5.82 Å². The minimum atomic E-state index is -1.76. The number of ether oxygens (including phenoxy) is 3. The van der Waals surface area contributed by atoms with Gasteiger partial charge in [-0.1, -0.05) is 0 Å². The van der Waals surface area contributed by atoms with E-state index in [1.54, 1.807) is 6.92 Å². The number of hydrogen-bond donors (Lipinski definition) is 2. The van der Waals surface area contributed by atoms with Gasteiger partial charge in [-0.25, -0.2) is 4.39 Å².